The van der Waals surface area contributed by atoms with Gasteiger partial charge >= 0.3 is 5.97 Å². The number of hydrogen-bond donors (Lipinski definition) is 0. The minimum Gasteiger partial charge on any atom is -0.450 e. The van der Waals surface area contributed by atoms with E-state index in [4.69, 9.17) is 26.0 Å². The summed E-state index contributed by atoms with van der Waals surface area (Å²) in [7, 11) is 0. The Morgan fingerprint density at radius 1 is 1.21 bits per heavy atom. The smallest absolute Gasteiger partial charge is 0.375 e. The van der Waals surface area contributed by atoms with Crippen LogP contribution in [0.4, 0.5) is 5.69 Å². The Kier molecular flexibility index (Phi) is 5.97. The van der Waals surface area contributed by atoms with E-state index in [-0.39, 0.29) is 18.7 Å². The molecule has 6 nitrogen and oxygen atoms in total. The third-order valence-electron chi connectivity index (χ3n) is 4.23. The quantitative estimate of drug-likeness (QED) is 0.573. The second kappa shape index (κ2) is 8.59. The lowest BCUT2D eigenvalue weighted by Crippen LogP contribution is -2.35. The first-order valence-electron chi connectivity index (χ1n) is 8.59. The van der Waals surface area contributed by atoms with E-state index in [2.05, 4.69) is 0 Å². The van der Waals surface area contributed by atoms with E-state index in [1.165, 1.54) is 4.90 Å². The van der Waals surface area contributed by atoms with Crippen LogP contribution in [0.5, 0.6) is 0 Å². The van der Waals surface area contributed by atoms with Gasteiger partial charge in [0.15, 0.2) is 6.61 Å². The second-order valence-electron chi connectivity index (χ2n) is 6.06. The number of aryl methyl sites for hydroxylation is 1. The van der Waals surface area contributed by atoms with Gasteiger partial charge < -0.3 is 14.1 Å². The summed E-state index contributed by atoms with van der Waals surface area (Å²) in [5, 5.41) is 10.1. The van der Waals surface area contributed by atoms with Gasteiger partial charge in [0.05, 0.1) is 12.5 Å². The van der Waals surface area contributed by atoms with Crippen LogP contribution in [-0.2, 0) is 9.53 Å². The average Bonchev–Trinajstić information content (AvgIpc) is 3.03. The maximum atomic E-state index is 12.6. The van der Waals surface area contributed by atoms with Crippen molar-refractivity contribution in [2.75, 3.05) is 18.1 Å². The Morgan fingerprint density at radius 2 is 1.96 bits per heavy atom. The molecule has 1 aromatic heterocycles. The minimum absolute atomic E-state index is 0.0355. The highest BCUT2D eigenvalue weighted by atomic mass is 35.5. The SMILES string of the molecule is Cc1c(C(=O)OCC(=O)N(CCC#N)c2ccccc2)oc2ccc(Cl)cc12. The number of halogens is 1. The molecule has 0 N–H and O–H groups in total. The topological polar surface area (TPSA) is 83.5 Å². The van der Waals surface area contributed by atoms with E-state index in [0.717, 1.165) is 0 Å². The van der Waals surface area contributed by atoms with Crippen molar-refractivity contribution in [2.45, 2.75) is 13.3 Å². The Bertz CT molecular complexity index is 1050. The molecule has 7 heteroatoms. The van der Waals surface area contributed by atoms with Crippen LogP contribution in [0, 0.1) is 18.3 Å². The number of rotatable bonds is 6. The van der Waals surface area contributed by atoms with Crippen molar-refractivity contribution >= 4 is 40.1 Å². The largest absolute Gasteiger partial charge is 0.450 e. The Hall–Kier alpha value is -3.30. The van der Waals surface area contributed by atoms with Gasteiger partial charge in [-0.2, -0.15) is 5.26 Å². The molecule has 0 atom stereocenters. The summed E-state index contributed by atoms with van der Waals surface area (Å²) in [6.45, 7) is 1.47. The minimum atomic E-state index is -0.730. The van der Waals surface area contributed by atoms with E-state index in [9.17, 15) is 9.59 Å². The lowest BCUT2D eigenvalue weighted by Gasteiger charge is -2.21. The zero-order valence-electron chi connectivity index (χ0n) is 15.1. The summed E-state index contributed by atoms with van der Waals surface area (Å²) in [6, 6.07) is 16.0. The molecule has 28 heavy (non-hydrogen) atoms. The van der Waals surface area contributed by atoms with Gasteiger partial charge in [-0.3, -0.25) is 4.79 Å². The van der Waals surface area contributed by atoms with Gasteiger partial charge in [0.2, 0.25) is 5.76 Å². The van der Waals surface area contributed by atoms with Gasteiger partial charge in [0.1, 0.15) is 5.58 Å². The number of ether oxygens (including phenoxy) is 1. The number of benzene rings is 2. The van der Waals surface area contributed by atoms with Crippen molar-refractivity contribution in [1.29, 1.82) is 5.26 Å². The van der Waals surface area contributed by atoms with Crippen molar-refractivity contribution in [3.05, 3.63) is 64.9 Å². The normalized spacial score (nSPS) is 10.5. The fourth-order valence-electron chi connectivity index (χ4n) is 2.83. The number of furan rings is 1. The maximum absolute atomic E-state index is 12.6. The molecule has 142 valence electrons. The molecule has 2 aromatic carbocycles. The van der Waals surface area contributed by atoms with Crippen LogP contribution in [-0.4, -0.2) is 25.0 Å². The van der Waals surface area contributed by atoms with Crippen LogP contribution in [0.15, 0.2) is 52.9 Å². The van der Waals surface area contributed by atoms with Gasteiger partial charge in [-0.1, -0.05) is 29.8 Å². The van der Waals surface area contributed by atoms with E-state index in [1.807, 2.05) is 12.1 Å². The molecule has 3 rings (SSSR count). The van der Waals surface area contributed by atoms with E-state index >= 15 is 0 Å². The van der Waals surface area contributed by atoms with Crippen molar-refractivity contribution < 1.29 is 18.7 Å². The van der Waals surface area contributed by atoms with Gasteiger partial charge in [-0.05, 0) is 37.3 Å². The summed E-state index contributed by atoms with van der Waals surface area (Å²) in [6.07, 6.45) is 0.165. The van der Waals surface area contributed by atoms with Crippen LogP contribution >= 0.6 is 11.6 Å². The fourth-order valence-corrected chi connectivity index (χ4v) is 3.00. The first-order chi connectivity index (χ1) is 13.5. The third kappa shape index (κ3) is 4.16. The van der Waals surface area contributed by atoms with Crippen LogP contribution in [0.3, 0.4) is 0 Å². The molecule has 0 saturated heterocycles. The Labute approximate surface area is 166 Å². The Balaban J connectivity index is 1.73. The molecule has 3 aromatic rings. The lowest BCUT2D eigenvalue weighted by atomic mass is 10.1. The molecule has 0 aliphatic heterocycles. The zero-order valence-corrected chi connectivity index (χ0v) is 15.9. The molecular weight excluding hydrogens is 380 g/mol. The van der Waals surface area contributed by atoms with Gasteiger partial charge in [0.25, 0.3) is 5.91 Å². The molecule has 0 radical (unpaired) electrons. The number of amides is 1. The second-order valence-corrected chi connectivity index (χ2v) is 6.50. The molecule has 0 fully saturated rings. The molecular formula is C21H17ClN2O4. The molecule has 0 unspecified atom stereocenters. The standard InChI is InChI=1S/C21H17ClN2O4/c1-14-17-12-15(22)8-9-18(17)28-20(14)21(26)27-13-19(25)24(11-5-10-23)16-6-3-2-4-7-16/h2-4,6-9,12H,5,11,13H2,1H3. The van der Waals surface area contributed by atoms with Gasteiger partial charge in [-0.15, -0.1) is 0 Å². The van der Waals surface area contributed by atoms with Crippen molar-refractivity contribution in [1.82, 2.24) is 0 Å². The number of nitriles is 1. The fraction of sp³-hybridized carbons (Fsp3) is 0.190. The van der Waals surface area contributed by atoms with E-state index < -0.39 is 18.5 Å². The molecule has 0 saturated carbocycles. The monoisotopic (exact) mass is 396 g/mol. The van der Waals surface area contributed by atoms with Crippen LogP contribution in [0.2, 0.25) is 5.02 Å². The first-order valence-corrected chi connectivity index (χ1v) is 8.97. The highest BCUT2D eigenvalue weighted by Gasteiger charge is 2.22. The average molecular weight is 397 g/mol. The summed E-state index contributed by atoms with van der Waals surface area (Å²) in [5.41, 5.74) is 1.74. The van der Waals surface area contributed by atoms with E-state index in [0.29, 0.717) is 27.2 Å². The molecule has 1 heterocycles. The predicted octanol–water partition coefficient (Wildman–Crippen LogP) is 4.50. The highest BCUT2D eigenvalue weighted by molar-refractivity contribution is 6.31. The number of carbonyl (C=O) groups excluding carboxylic acids is 2. The van der Waals surface area contributed by atoms with Crippen molar-refractivity contribution in [3.8, 4) is 6.07 Å². The first kappa shape index (κ1) is 19.5. The number of hydrogen-bond acceptors (Lipinski definition) is 5. The Morgan fingerprint density at radius 3 is 2.68 bits per heavy atom. The number of esters is 1. The number of fused-ring (bicyclic) bond motifs is 1. The number of anilines is 1. The van der Waals surface area contributed by atoms with Crippen LogP contribution in [0.25, 0.3) is 11.0 Å². The number of para-hydroxylation sites is 1. The summed E-state index contributed by atoms with van der Waals surface area (Å²) < 4.78 is 10.7. The van der Waals surface area contributed by atoms with Gasteiger partial charge in [0, 0.05) is 28.2 Å². The highest BCUT2D eigenvalue weighted by Crippen LogP contribution is 2.28. The molecule has 0 aliphatic rings. The third-order valence-corrected chi connectivity index (χ3v) is 4.46. The van der Waals surface area contributed by atoms with Crippen LogP contribution < -0.4 is 4.90 Å². The molecule has 0 bridgehead atoms. The predicted molar refractivity (Wildman–Crippen MR) is 105 cm³/mol. The molecule has 1 amide bonds. The molecule has 0 aliphatic carbocycles. The van der Waals surface area contributed by atoms with Gasteiger partial charge in [-0.25, -0.2) is 4.79 Å². The number of carbonyl (C=O) groups is 2. The lowest BCUT2D eigenvalue weighted by molar-refractivity contribution is -0.121. The van der Waals surface area contributed by atoms with E-state index in [1.54, 1.807) is 49.4 Å². The van der Waals surface area contributed by atoms with Crippen LogP contribution in [0.1, 0.15) is 22.5 Å². The zero-order chi connectivity index (χ0) is 20.1. The summed E-state index contributed by atoms with van der Waals surface area (Å²) in [4.78, 5) is 26.4. The number of nitrogens with zero attached hydrogens (tertiary/aromatic N) is 2. The molecule has 0 spiro atoms. The maximum Gasteiger partial charge on any atom is 0.375 e. The van der Waals surface area contributed by atoms with Crippen molar-refractivity contribution in [2.24, 2.45) is 0 Å². The van der Waals surface area contributed by atoms with Crippen molar-refractivity contribution in [3.63, 3.8) is 0 Å². The summed E-state index contributed by atoms with van der Waals surface area (Å²) in [5.74, 6) is -1.12. The summed E-state index contributed by atoms with van der Waals surface area (Å²) >= 11 is 5.99.